The number of carbonyl (C=O) groups excluding carboxylic acids is 3. The van der Waals surface area contributed by atoms with Gasteiger partial charge in [-0.15, -0.1) is 0 Å². The first-order valence-corrected chi connectivity index (χ1v) is 14.1. The van der Waals surface area contributed by atoms with Crippen LogP contribution in [0.3, 0.4) is 0 Å². The van der Waals surface area contributed by atoms with Gasteiger partial charge in [-0.25, -0.2) is 0 Å². The molecular formula is C31H34ClN5O3. The van der Waals surface area contributed by atoms with E-state index < -0.39 is 0 Å². The summed E-state index contributed by atoms with van der Waals surface area (Å²) in [5.74, 6) is -0.231. The zero-order chi connectivity index (χ0) is 27.9. The molecule has 40 heavy (non-hydrogen) atoms. The SMILES string of the molecule is O=C(Cc1ccccc1)Nc1cc(C(=O)N2CCNCC2)ccc1N1CCCN(C(=O)c2cccc(Cl)c2)CC1. The fourth-order valence-electron chi connectivity index (χ4n) is 5.24. The summed E-state index contributed by atoms with van der Waals surface area (Å²) in [6.07, 6.45) is 1.00. The highest BCUT2D eigenvalue weighted by molar-refractivity contribution is 6.31. The van der Waals surface area contributed by atoms with Gasteiger partial charge in [0.1, 0.15) is 0 Å². The molecule has 0 aliphatic carbocycles. The standard InChI is InChI=1S/C31H34ClN5O3/c32-26-9-4-8-24(21-26)30(39)36-15-5-14-35(18-19-36)28-11-10-25(31(40)37-16-12-33-13-17-37)22-27(28)34-29(38)20-23-6-2-1-3-7-23/h1-4,6-11,21-22,33H,5,12-20H2,(H,34,38). The van der Waals surface area contributed by atoms with Gasteiger partial charge < -0.3 is 25.3 Å². The first kappa shape index (κ1) is 27.7. The van der Waals surface area contributed by atoms with Gasteiger partial charge in [-0.1, -0.05) is 48.0 Å². The van der Waals surface area contributed by atoms with Crippen molar-refractivity contribution in [3.8, 4) is 0 Å². The number of piperazine rings is 1. The Bertz CT molecular complexity index is 1360. The minimum absolute atomic E-state index is 0.0410. The van der Waals surface area contributed by atoms with E-state index in [0.29, 0.717) is 61.1 Å². The number of anilines is 2. The number of nitrogens with zero attached hydrogens (tertiary/aromatic N) is 3. The maximum absolute atomic E-state index is 13.3. The fourth-order valence-corrected chi connectivity index (χ4v) is 5.43. The van der Waals surface area contributed by atoms with Crippen LogP contribution in [0.15, 0.2) is 72.8 Å². The van der Waals surface area contributed by atoms with Crippen molar-refractivity contribution in [3.05, 3.63) is 94.5 Å². The van der Waals surface area contributed by atoms with Gasteiger partial charge in [-0.3, -0.25) is 14.4 Å². The third-order valence-corrected chi connectivity index (χ3v) is 7.56. The molecule has 2 saturated heterocycles. The fraction of sp³-hybridized carbons (Fsp3) is 0.323. The lowest BCUT2D eigenvalue weighted by atomic mass is 10.1. The first-order valence-electron chi connectivity index (χ1n) is 13.8. The van der Waals surface area contributed by atoms with Crippen LogP contribution < -0.4 is 15.5 Å². The lowest BCUT2D eigenvalue weighted by molar-refractivity contribution is -0.115. The Balaban J connectivity index is 1.36. The molecule has 2 aliphatic rings. The topological polar surface area (TPSA) is 85.0 Å². The minimum Gasteiger partial charge on any atom is -0.368 e. The lowest BCUT2D eigenvalue weighted by Crippen LogP contribution is -2.46. The van der Waals surface area contributed by atoms with Crippen molar-refractivity contribution in [1.82, 2.24) is 15.1 Å². The second-order valence-corrected chi connectivity index (χ2v) is 10.6. The molecule has 0 spiro atoms. The van der Waals surface area contributed by atoms with Gasteiger partial charge in [-0.05, 0) is 48.4 Å². The largest absolute Gasteiger partial charge is 0.368 e. The number of halogens is 1. The van der Waals surface area contributed by atoms with E-state index in [-0.39, 0.29) is 24.1 Å². The molecule has 0 radical (unpaired) electrons. The summed E-state index contributed by atoms with van der Waals surface area (Å²) in [7, 11) is 0. The Morgan fingerprint density at radius 3 is 2.23 bits per heavy atom. The van der Waals surface area contributed by atoms with Gasteiger partial charge >= 0.3 is 0 Å². The normalized spacial score (nSPS) is 15.9. The number of benzene rings is 3. The van der Waals surface area contributed by atoms with E-state index in [1.54, 1.807) is 30.3 Å². The van der Waals surface area contributed by atoms with Crippen molar-refractivity contribution in [2.24, 2.45) is 0 Å². The van der Waals surface area contributed by atoms with Gasteiger partial charge in [0.05, 0.1) is 17.8 Å². The molecule has 5 rings (SSSR count). The summed E-state index contributed by atoms with van der Waals surface area (Å²) in [5.41, 5.74) is 3.49. The number of nitrogens with one attached hydrogen (secondary N) is 2. The number of hydrogen-bond donors (Lipinski definition) is 2. The van der Waals surface area contributed by atoms with Crippen molar-refractivity contribution < 1.29 is 14.4 Å². The number of carbonyl (C=O) groups is 3. The van der Waals surface area contributed by atoms with Crippen LogP contribution in [-0.4, -0.2) is 79.9 Å². The number of rotatable bonds is 6. The van der Waals surface area contributed by atoms with Crippen LogP contribution in [-0.2, 0) is 11.2 Å². The Morgan fingerprint density at radius 1 is 0.750 bits per heavy atom. The first-order chi connectivity index (χ1) is 19.5. The number of amides is 3. The van der Waals surface area contributed by atoms with Gasteiger partial charge in [0.15, 0.2) is 0 Å². The molecule has 2 N–H and O–H groups in total. The third-order valence-electron chi connectivity index (χ3n) is 7.32. The van der Waals surface area contributed by atoms with E-state index in [1.165, 1.54) is 0 Å². The molecule has 3 aromatic carbocycles. The van der Waals surface area contributed by atoms with Crippen molar-refractivity contribution in [2.75, 3.05) is 62.6 Å². The molecule has 208 valence electrons. The van der Waals surface area contributed by atoms with Gasteiger partial charge in [0.25, 0.3) is 11.8 Å². The molecule has 3 aromatic rings. The second-order valence-electron chi connectivity index (χ2n) is 10.1. The predicted molar refractivity (Wildman–Crippen MR) is 158 cm³/mol. The molecule has 0 bridgehead atoms. The van der Waals surface area contributed by atoms with Crippen LogP contribution in [0.4, 0.5) is 11.4 Å². The van der Waals surface area contributed by atoms with Crippen LogP contribution in [0.2, 0.25) is 5.02 Å². The van der Waals surface area contributed by atoms with Crippen molar-refractivity contribution >= 4 is 40.7 Å². The molecular weight excluding hydrogens is 526 g/mol. The molecule has 2 fully saturated rings. The maximum Gasteiger partial charge on any atom is 0.254 e. The molecule has 2 heterocycles. The van der Waals surface area contributed by atoms with Crippen LogP contribution in [0, 0.1) is 0 Å². The van der Waals surface area contributed by atoms with Crippen molar-refractivity contribution in [1.29, 1.82) is 0 Å². The van der Waals surface area contributed by atoms with E-state index >= 15 is 0 Å². The maximum atomic E-state index is 13.3. The third kappa shape index (κ3) is 6.81. The molecule has 2 aliphatic heterocycles. The lowest BCUT2D eigenvalue weighted by Gasteiger charge is -2.29. The van der Waals surface area contributed by atoms with Crippen molar-refractivity contribution in [2.45, 2.75) is 12.8 Å². The van der Waals surface area contributed by atoms with Crippen LogP contribution in [0.25, 0.3) is 0 Å². The van der Waals surface area contributed by atoms with E-state index in [0.717, 1.165) is 30.8 Å². The van der Waals surface area contributed by atoms with Crippen LogP contribution >= 0.6 is 11.6 Å². The van der Waals surface area contributed by atoms with Crippen LogP contribution in [0.5, 0.6) is 0 Å². The molecule has 0 saturated carbocycles. The van der Waals surface area contributed by atoms with E-state index in [4.69, 9.17) is 11.6 Å². The van der Waals surface area contributed by atoms with E-state index in [9.17, 15) is 14.4 Å². The summed E-state index contributed by atoms with van der Waals surface area (Å²) in [4.78, 5) is 45.4. The molecule has 0 atom stereocenters. The summed E-state index contributed by atoms with van der Waals surface area (Å²) < 4.78 is 0. The second kappa shape index (κ2) is 13.0. The summed E-state index contributed by atoms with van der Waals surface area (Å²) in [5, 5.41) is 6.89. The quantitative estimate of drug-likeness (QED) is 0.478. The Morgan fingerprint density at radius 2 is 1.48 bits per heavy atom. The molecule has 8 nitrogen and oxygen atoms in total. The summed E-state index contributed by atoms with van der Waals surface area (Å²) in [6.45, 7) is 5.30. The zero-order valence-corrected chi connectivity index (χ0v) is 23.2. The average molecular weight is 560 g/mol. The molecule has 0 unspecified atom stereocenters. The highest BCUT2D eigenvalue weighted by atomic mass is 35.5. The Labute approximate surface area is 239 Å². The van der Waals surface area contributed by atoms with Gasteiger partial charge in [0.2, 0.25) is 5.91 Å². The smallest absolute Gasteiger partial charge is 0.254 e. The predicted octanol–water partition coefficient (Wildman–Crippen LogP) is 3.92. The van der Waals surface area contributed by atoms with E-state index in [1.807, 2.05) is 52.3 Å². The minimum atomic E-state index is -0.146. The van der Waals surface area contributed by atoms with Crippen LogP contribution in [0.1, 0.15) is 32.7 Å². The van der Waals surface area contributed by atoms with Gasteiger partial charge in [0, 0.05) is 68.5 Å². The number of hydrogen-bond acceptors (Lipinski definition) is 5. The summed E-state index contributed by atoms with van der Waals surface area (Å²) >= 11 is 6.11. The highest BCUT2D eigenvalue weighted by Crippen LogP contribution is 2.30. The van der Waals surface area contributed by atoms with E-state index in [2.05, 4.69) is 15.5 Å². The Kier molecular flexibility index (Phi) is 8.98. The molecule has 3 amide bonds. The monoisotopic (exact) mass is 559 g/mol. The highest BCUT2D eigenvalue weighted by Gasteiger charge is 2.24. The van der Waals surface area contributed by atoms with Gasteiger partial charge in [-0.2, -0.15) is 0 Å². The van der Waals surface area contributed by atoms with Crippen molar-refractivity contribution in [3.63, 3.8) is 0 Å². The average Bonchev–Trinajstić information content (AvgIpc) is 3.23. The molecule has 0 aromatic heterocycles. The Hall–Kier alpha value is -3.88. The molecule has 9 heteroatoms. The zero-order valence-electron chi connectivity index (χ0n) is 22.4. The summed E-state index contributed by atoms with van der Waals surface area (Å²) in [6, 6.07) is 22.2.